The largest absolute Gasteiger partial charge is 0.373 e. The molecule has 0 aromatic heterocycles. The molecule has 0 aromatic rings. The first-order chi connectivity index (χ1) is 9.13. The van der Waals surface area contributed by atoms with Gasteiger partial charge in [0.25, 0.3) is 0 Å². The maximum Gasteiger partial charge on any atom is 0.246 e. The van der Waals surface area contributed by atoms with Crippen molar-refractivity contribution < 1.29 is 9.53 Å². The summed E-state index contributed by atoms with van der Waals surface area (Å²) in [6.45, 7) is 16.8. The zero-order valence-corrected chi connectivity index (χ0v) is 14.0. The van der Waals surface area contributed by atoms with Crippen LogP contribution in [0.1, 0.15) is 48.5 Å². The molecule has 0 bridgehead atoms. The van der Waals surface area contributed by atoms with Gasteiger partial charge in [-0.3, -0.25) is 9.69 Å². The van der Waals surface area contributed by atoms with E-state index in [0.717, 1.165) is 24.2 Å². The van der Waals surface area contributed by atoms with Crippen molar-refractivity contribution in [2.75, 3.05) is 19.6 Å². The second-order valence-electron chi connectivity index (χ2n) is 6.78. The number of rotatable bonds is 4. The average Bonchev–Trinajstić information content (AvgIpc) is 2.33. The molecule has 1 aliphatic heterocycles. The van der Waals surface area contributed by atoms with E-state index in [-0.39, 0.29) is 23.7 Å². The summed E-state index contributed by atoms with van der Waals surface area (Å²) in [5.41, 5.74) is 1.81. The summed E-state index contributed by atoms with van der Waals surface area (Å²) in [5.74, 6) is 0.0347. The minimum atomic E-state index is -0.0656. The zero-order chi connectivity index (χ0) is 15.5. The lowest BCUT2D eigenvalue weighted by molar-refractivity contribution is -0.119. The van der Waals surface area contributed by atoms with Crippen molar-refractivity contribution in [3.63, 3.8) is 0 Å². The normalized spacial score (nSPS) is 24.4. The third-order valence-electron chi connectivity index (χ3n) is 4.05. The first-order valence-electron chi connectivity index (χ1n) is 7.46. The maximum atomic E-state index is 12.0. The maximum absolute atomic E-state index is 12.0. The Balaban J connectivity index is 2.61. The van der Waals surface area contributed by atoms with Gasteiger partial charge in [-0.25, -0.2) is 0 Å². The van der Waals surface area contributed by atoms with E-state index in [1.54, 1.807) is 0 Å². The molecule has 1 rings (SSSR count). The van der Waals surface area contributed by atoms with Gasteiger partial charge in [0.2, 0.25) is 5.91 Å². The van der Waals surface area contributed by atoms with E-state index < -0.39 is 0 Å². The summed E-state index contributed by atoms with van der Waals surface area (Å²) < 4.78 is 5.77. The Morgan fingerprint density at radius 1 is 1.20 bits per heavy atom. The summed E-state index contributed by atoms with van der Waals surface area (Å²) in [5, 5.41) is 3.05. The van der Waals surface area contributed by atoms with Crippen LogP contribution in [0.15, 0.2) is 11.1 Å². The smallest absolute Gasteiger partial charge is 0.246 e. The molecule has 1 saturated heterocycles. The Hall–Kier alpha value is -0.870. The summed E-state index contributed by atoms with van der Waals surface area (Å²) in [4.78, 5) is 14.4. The zero-order valence-electron chi connectivity index (χ0n) is 14.0. The number of carbonyl (C=O) groups excluding carboxylic acids is 1. The molecule has 1 heterocycles. The number of nitrogens with zero attached hydrogens (tertiary/aromatic N) is 1. The van der Waals surface area contributed by atoms with E-state index in [9.17, 15) is 4.79 Å². The predicted octanol–water partition coefficient (Wildman–Crippen LogP) is 2.35. The molecule has 1 N–H and O–H groups in total. The van der Waals surface area contributed by atoms with Gasteiger partial charge in [0, 0.05) is 30.7 Å². The standard InChI is InChI=1S/C16H30N2O2/c1-11(2)14(5)15(19)17-10-16(6,7)18-8-12(3)20-13(4)9-18/h12-13H,8-10H2,1-7H3,(H,17,19)/t12-,13+. The molecule has 0 spiro atoms. The van der Waals surface area contributed by atoms with Gasteiger partial charge in [0.05, 0.1) is 12.2 Å². The Morgan fingerprint density at radius 3 is 2.15 bits per heavy atom. The number of nitrogens with one attached hydrogen (secondary N) is 1. The van der Waals surface area contributed by atoms with Crippen LogP contribution in [0.4, 0.5) is 0 Å². The highest BCUT2D eigenvalue weighted by molar-refractivity contribution is 5.93. The summed E-state index contributed by atoms with van der Waals surface area (Å²) in [6.07, 6.45) is 0.487. The number of ether oxygens (including phenoxy) is 1. The van der Waals surface area contributed by atoms with Crippen LogP contribution in [0.5, 0.6) is 0 Å². The van der Waals surface area contributed by atoms with Crippen LogP contribution in [0.2, 0.25) is 0 Å². The topological polar surface area (TPSA) is 41.6 Å². The molecule has 4 heteroatoms. The highest BCUT2D eigenvalue weighted by Crippen LogP contribution is 2.20. The van der Waals surface area contributed by atoms with Gasteiger partial charge in [0.1, 0.15) is 0 Å². The van der Waals surface area contributed by atoms with E-state index in [1.807, 2.05) is 20.8 Å². The van der Waals surface area contributed by atoms with Crippen LogP contribution in [-0.4, -0.2) is 48.2 Å². The van der Waals surface area contributed by atoms with Crippen molar-refractivity contribution in [3.8, 4) is 0 Å². The lowest BCUT2D eigenvalue weighted by atomic mass is 9.99. The van der Waals surface area contributed by atoms with Crippen molar-refractivity contribution in [1.82, 2.24) is 10.2 Å². The van der Waals surface area contributed by atoms with E-state index in [1.165, 1.54) is 0 Å². The van der Waals surface area contributed by atoms with Crippen molar-refractivity contribution >= 4 is 5.91 Å². The number of morpholine rings is 1. The second kappa shape index (κ2) is 6.72. The average molecular weight is 282 g/mol. The van der Waals surface area contributed by atoms with Gasteiger partial charge in [-0.15, -0.1) is 0 Å². The Morgan fingerprint density at radius 2 is 1.70 bits per heavy atom. The first-order valence-corrected chi connectivity index (χ1v) is 7.46. The van der Waals surface area contributed by atoms with Crippen LogP contribution in [0, 0.1) is 0 Å². The number of hydrogen-bond acceptors (Lipinski definition) is 3. The van der Waals surface area contributed by atoms with E-state index >= 15 is 0 Å². The van der Waals surface area contributed by atoms with Crippen molar-refractivity contribution in [2.45, 2.75) is 66.2 Å². The third kappa shape index (κ3) is 4.60. The molecule has 0 saturated carbocycles. The van der Waals surface area contributed by atoms with Crippen LogP contribution in [0.3, 0.4) is 0 Å². The van der Waals surface area contributed by atoms with Crippen LogP contribution < -0.4 is 5.32 Å². The summed E-state index contributed by atoms with van der Waals surface area (Å²) in [6, 6.07) is 0. The van der Waals surface area contributed by atoms with Gasteiger partial charge in [-0.2, -0.15) is 0 Å². The molecule has 0 aliphatic carbocycles. The highest BCUT2D eigenvalue weighted by Gasteiger charge is 2.33. The van der Waals surface area contributed by atoms with Crippen LogP contribution in [-0.2, 0) is 9.53 Å². The molecule has 1 amide bonds. The van der Waals surface area contributed by atoms with E-state index in [2.05, 4.69) is 37.9 Å². The first kappa shape index (κ1) is 17.2. The number of allylic oxidation sites excluding steroid dienone is 1. The molecule has 2 atom stereocenters. The summed E-state index contributed by atoms with van der Waals surface area (Å²) in [7, 11) is 0. The highest BCUT2D eigenvalue weighted by atomic mass is 16.5. The van der Waals surface area contributed by atoms with Gasteiger partial charge >= 0.3 is 0 Å². The predicted molar refractivity (Wildman–Crippen MR) is 82.7 cm³/mol. The van der Waals surface area contributed by atoms with Gasteiger partial charge in [-0.05, 0) is 48.5 Å². The lowest BCUT2D eigenvalue weighted by Crippen LogP contribution is -2.58. The molecule has 0 unspecified atom stereocenters. The van der Waals surface area contributed by atoms with Crippen molar-refractivity contribution in [2.24, 2.45) is 0 Å². The van der Waals surface area contributed by atoms with Crippen LogP contribution in [0.25, 0.3) is 0 Å². The van der Waals surface area contributed by atoms with Gasteiger partial charge in [-0.1, -0.05) is 5.57 Å². The van der Waals surface area contributed by atoms with Gasteiger partial charge < -0.3 is 10.1 Å². The monoisotopic (exact) mass is 282 g/mol. The van der Waals surface area contributed by atoms with Crippen molar-refractivity contribution in [3.05, 3.63) is 11.1 Å². The lowest BCUT2D eigenvalue weighted by Gasteiger charge is -2.45. The molecule has 1 aliphatic rings. The third-order valence-corrected chi connectivity index (χ3v) is 4.05. The minimum absolute atomic E-state index is 0.0347. The number of amides is 1. The molecule has 0 radical (unpaired) electrons. The fraction of sp³-hybridized carbons (Fsp3) is 0.812. The van der Waals surface area contributed by atoms with E-state index in [4.69, 9.17) is 4.74 Å². The molecule has 20 heavy (non-hydrogen) atoms. The fourth-order valence-corrected chi connectivity index (χ4v) is 2.44. The Kier molecular flexibility index (Phi) is 5.78. The number of hydrogen-bond donors (Lipinski definition) is 1. The molecular formula is C16H30N2O2. The van der Waals surface area contributed by atoms with Crippen molar-refractivity contribution in [1.29, 1.82) is 0 Å². The molecule has 116 valence electrons. The van der Waals surface area contributed by atoms with Gasteiger partial charge in [0.15, 0.2) is 0 Å². The number of carbonyl (C=O) groups is 1. The minimum Gasteiger partial charge on any atom is -0.373 e. The quantitative estimate of drug-likeness (QED) is 0.805. The molecular weight excluding hydrogens is 252 g/mol. The SMILES string of the molecule is CC(C)=C(C)C(=O)NCC(C)(C)N1C[C@@H](C)O[C@@H](C)C1. The molecule has 0 aromatic carbocycles. The fourth-order valence-electron chi connectivity index (χ4n) is 2.44. The second-order valence-corrected chi connectivity index (χ2v) is 6.78. The molecule has 4 nitrogen and oxygen atoms in total. The van der Waals surface area contributed by atoms with E-state index in [0.29, 0.717) is 6.54 Å². The molecule has 1 fully saturated rings. The Bertz CT molecular complexity index is 374. The van der Waals surface area contributed by atoms with Crippen LogP contribution >= 0.6 is 0 Å². The summed E-state index contributed by atoms with van der Waals surface area (Å²) >= 11 is 0. The Labute approximate surface area is 123 Å².